The first-order valence-corrected chi connectivity index (χ1v) is 6.57. The number of amides is 1. The van der Waals surface area contributed by atoms with Crippen LogP contribution in [0.5, 0.6) is 0 Å². The Kier molecular flexibility index (Phi) is 2.80. The van der Waals surface area contributed by atoms with Gasteiger partial charge in [0.1, 0.15) is 0 Å². The molecule has 0 unspecified atom stereocenters. The van der Waals surface area contributed by atoms with Gasteiger partial charge < -0.3 is 5.32 Å². The van der Waals surface area contributed by atoms with E-state index in [2.05, 4.69) is 45.1 Å². The summed E-state index contributed by atoms with van der Waals surface area (Å²) < 4.78 is 0. The minimum Gasteiger partial charge on any atom is -0.325 e. The van der Waals surface area contributed by atoms with Gasteiger partial charge in [-0.25, -0.2) is 0 Å². The van der Waals surface area contributed by atoms with Crippen molar-refractivity contribution in [3.05, 3.63) is 28.8 Å². The molecule has 1 N–H and O–H groups in total. The van der Waals surface area contributed by atoms with E-state index in [9.17, 15) is 4.79 Å². The molecular formula is C16H23NO. The minimum absolute atomic E-state index is 0.126. The molecule has 2 nitrogen and oxygen atoms in total. The molecule has 18 heavy (non-hydrogen) atoms. The SMILES string of the molecule is Cc1cc(C(C)(C)C)cc2c1NC(=O)C(C)(C)C2. The molecule has 98 valence electrons. The maximum atomic E-state index is 12.0. The summed E-state index contributed by atoms with van der Waals surface area (Å²) in [6, 6.07) is 4.45. The third-order valence-electron chi connectivity index (χ3n) is 3.77. The zero-order valence-corrected chi connectivity index (χ0v) is 12.3. The molecule has 0 spiro atoms. The lowest BCUT2D eigenvalue weighted by molar-refractivity contribution is -0.124. The summed E-state index contributed by atoms with van der Waals surface area (Å²) in [5, 5.41) is 3.06. The Hall–Kier alpha value is -1.31. The van der Waals surface area contributed by atoms with E-state index in [4.69, 9.17) is 0 Å². The molecule has 1 amide bonds. The topological polar surface area (TPSA) is 29.1 Å². The summed E-state index contributed by atoms with van der Waals surface area (Å²) in [7, 11) is 0. The van der Waals surface area contributed by atoms with E-state index in [1.165, 1.54) is 16.7 Å². The van der Waals surface area contributed by atoms with Crippen LogP contribution in [-0.2, 0) is 16.6 Å². The number of carbonyl (C=O) groups is 1. The van der Waals surface area contributed by atoms with Crippen molar-refractivity contribution in [1.82, 2.24) is 0 Å². The molecule has 0 bridgehead atoms. The summed E-state index contributed by atoms with van der Waals surface area (Å²) in [4.78, 5) is 12.0. The first-order valence-electron chi connectivity index (χ1n) is 6.57. The summed E-state index contributed by atoms with van der Waals surface area (Å²) in [5.74, 6) is 0.126. The van der Waals surface area contributed by atoms with Gasteiger partial charge in [0.15, 0.2) is 0 Å². The van der Waals surface area contributed by atoms with Crippen LogP contribution < -0.4 is 5.32 Å². The molecule has 2 rings (SSSR count). The molecule has 1 aliphatic rings. The molecule has 0 atom stereocenters. The highest BCUT2D eigenvalue weighted by Gasteiger charge is 2.34. The van der Waals surface area contributed by atoms with Crippen LogP contribution in [-0.4, -0.2) is 5.91 Å². The molecule has 1 aliphatic heterocycles. The van der Waals surface area contributed by atoms with Gasteiger partial charge in [-0.2, -0.15) is 0 Å². The first-order chi connectivity index (χ1) is 8.11. The Morgan fingerprint density at radius 3 is 2.39 bits per heavy atom. The number of aryl methyl sites for hydroxylation is 1. The molecule has 1 heterocycles. The lowest BCUT2D eigenvalue weighted by atomic mass is 9.77. The fourth-order valence-corrected chi connectivity index (χ4v) is 2.45. The van der Waals surface area contributed by atoms with Gasteiger partial charge in [0, 0.05) is 11.1 Å². The third-order valence-corrected chi connectivity index (χ3v) is 3.77. The van der Waals surface area contributed by atoms with Crippen LogP contribution in [0.3, 0.4) is 0 Å². The quantitative estimate of drug-likeness (QED) is 0.740. The molecule has 0 fully saturated rings. The Balaban J connectivity index is 2.55. The van der Waals surface area contributed by atoms with Crippen LogP contribution in [0, 0.1) is 12.3 Å². The van der Waals surface area contributed by atoms with Gasteiger partial charge in [-0.3, -0.25) is 4.79 Å². The van der Waals surface area contributed by atoms with Gasteiger partial charge in [0.05, 0.1) is 0 Å². The van der Waals surface area contributed by atoms with Crippen molar-refractivity contribution in [3.63, 3.8) is 0 Å². The van der Waals surface area contributed by atoms with Gasteiger partial charge in [0.25, 0.3) is 0 Å². The lowest BCUT2D eigenvalue weighted by Crippen LogP contribution is -2.37. The number of benzene rings is 1. The van der Waals surface area contributed by atoms with Crippen LogP contribution in [0.25, 0.3) is 0 Å². The molecule has 0 saturated carbocycles. The number of carbonyl (C=O) groups excluding carboxylic acids is 1. The highest BCUT2D eigenvalue weighted by atomic mass is 16.2. The number of nitrogens with one attached hydrogen (secondary N) is 1. The largest absolute Gasteiger partial charge is 0.325 e. The Morgan fingerprint density at radius 2 is 1.83 bits per heavy atom. The van der Waals surface area contributed by atoms with E-state index >= 15 is 0 Å². The van der Waals surface area contributed by atoms with Crippen LogP contribution in [0.4, 0.5) is 5.69 Å². The minimum atomic E-state index is -0.310. The van der Waals surface area contributed by atoms with Crippen LogP contribution in [0.1, 0.15) is 51.3 Å². The smallest absolute Gasteiger partial charge is 0.230 e. The maximum Gasteiger partial charge on any atom is 0.230 e. The second-order valence-corrected chi connectivity index (χ2v) is 7.09. The van der Waals surface area contributed by atoms with Crippen LogP contribution >= 0.6 is 0 Å². The van der Waals surface area contributed by atoms with E-state index in [0.717, 1.165) is 12.1 Å². The normalized spacial score (nSPS) is 18.2. The fraction of sp³-hybridized carbons (Fsp3) is 0.562. The lowest BCUT2D eigenvalue weighted by Gasteiger charge is -2.33. The second kappa shape index (κ2) is 3.84. The van der Waals surface area contributed by atoms with Gasteiger partial charge in [-0.15, -0.1) is 0 Å². The summed E-state index contributed by atoms with van der Waals surface area (Å²) in [5.41, 5.74) is 4.63. The van der Waals surface area contributed by atoms with E-state index < -0.39 is 0 Å². The van der Waals surface area contributed by atoms with Crippen molar-refractivity contribution < 1.29 is 4.79 Å². The second-order valence-electron chi connectivity index (χ2n) is 7.09. The molecular weight excluding hydrogens is 222 g/mol. The third kappa shape index (κ3) is 2.16. The van der Waals surface area contributed by atoms with Gasteiger partial charge in [-0.05, 0) is 35.4 Å². The zero-order valence-electron chi connectivity index (χ0n) is 12.3. The van der Waals surface area contributed by atoms with Gasteiger partial charge >= 0.3 is 0 Å². The van der Waals surface area contributed by atoms with Crippen molar-refractivity contribution >= 4 is 11.6 Å². The van der Waals surface area contributed by atoms with Crippen LogP contribution in [0.15, 0.2) is 12.1 Å². The molecule has 2 heteroatoms. The van der Waals surface area contributed by atoms with E-state index in [0.29, 0.717) is 0 Å². The van der Waals surface area contributed by atoms with Crippen molar-refractivity contribution in [2.45, 2.75) is 53.4 Å². The van der Waals surface area contributed by atoms with Crippen molar-refractivity contribution in [1.29, 1.82) is 0 Å². The highest BCUT2D eigenvalue weighted by Crippen LogP contribution is 2.37. The number of hydrogen-bond acceptors (Lipinski definition) is 1. The van der Waals surface area contributed by atoms with Crippen molar-refractivity contribution in [2.24, 2.45) is 5.41 Å². The van der Waals surface area contributed by atoms with Crippen molar-refractivity contribution in [3.8, 4) is 0 Å². The molecule has 1 aromatic rings. The number of hydrogen-bond donors (Lipinski definition) is 1. The highest BCUT2D eigenvalue weighted by molar-refractivity contribution is 5.98. The predicted molar refractivity (Wildman–Crippen MR) is 76.0 cm³/mol. The van der Waals surface area contributed by atoms with Crippen LogP contribution in [0.2, 0.25) is 0 Å². The number of anilines is 1. The Morgan fingerprint density at radius 1 is 1.22 bits per heavy atom. The number of fused-ring (bicyclic) bond motifs is 1. The molecule has 0 saturated heterocycles. The number of rotatable bonds is 0. The Labute approximate surface area is 110 Å². The zero-order chi connectivity index (χ0) is 13.7. The van der Waals surface area contributed by atoms with E-state index in [-0.39, 0.29) is 16.7 Å². The van der Waals surface area contributed by atoms with Gasteiger partial charge in [-0.1, -0.05) is 46.8 Å². The van der Waals surface area contributed by atoms with Gasteiger partial charge in [0.2, 0.25) is 5.91 Å². The average Bonchev–Trinajstić information content (AvgIpc) is 2.19. The van der Waals surface area contributed by atoms with E-state index in [1.807, 2.05) is 13.8 Å². The monoisotopic (exact) mass is 245 g/mol. The molecule has 0 aromatic heterocycles. The fourth-order valence-electron chi connectivity index (χ4n) is 2.45. The summed E-state index contributed by atoms with van der Waals surface area (Å²) >= 11 is 0. The predicted octanol–water partition coefficient (Wildman–Crippen LogP) is 3.81. The van der Waals surface area contributed by atoms with E-state index in [1.54, 1.807) is 0 Å². The Bertz CT molecular complexity index is 507. The summed E-state index contributed by atoms with van der Waals surface area (Å²) in [6.45, 7) is 12.8. The first kappa shape index (κ1) is 13.1. The molecule has 0 aliphatic carbocycles. The summed E-state index contributed by atoms with van der Waals surface area (Å²) in [6.07, 6.45) is 0.818. The standard InChI is InChI=1S/C16H23NO/c1-10-7-12(15(2,3)4)8-11-9-16(5,6)14(18)17-13(10)11/h7-8H,9H2,1-6H3,(H,17,18). The average molecular weight is 245 g/mol. The van der Waals surface area contributed by atoms with Crippen molar-refractivity contribution in [2.75, 3.05) is 5.32 Å². The molecule has 0 radical (unpaired) electrons. The maximum absolute atomic E-state index is 12.0. The molecule has 1 aromatic carbocycles.